The third-order valence-electron chi connectivity index (χ3n) is 6.63. The second kappa shape index (κ2) is 12.6. The van der Waals surface area contributed by atoms with Crippen molar-refractivity contribution in [3.05, 3.63) is 63.1 Å². The van der Waals surface area contributed by atoms with Crippen LogP contribution in [0.3, 0.4) is 0 Å². The second-order valence-electron chi connectivity index (χ2n) is 8.72. The van der Waals surface area contributed by atoms with Gasteiger partial charge in [-0.3, -0.25) is 4.79 Å². The molecule has 7 heteroatoms. The van der Waals surface area contributed by atoms with Crippen LogP contribution < -0.4 is 21.3 Å². The molecule has 0 bridgehead atoms. The van der Waals surface area contributed by atoms with Crippen molar-refractivity contribution in [2.45, 2.75) is 51.0 Å². The fraction of sp³-hybridized carbons (Fsp3) is 0.500. The zero-order valence-electron chi connectivity index (χ0n) is 19.7. The third kappa shape index (κ3) is 6.63. The van der Waals surface area contributed by atoms with Gasteiger partial charge in [0.1, 0.15) is 0 Å². The Bertz CT molecular complexity index is 929. The van der Waals surface area contributed by atoms with Gasteiger partial charge in [-0.1, -0.05) is 42.3 Å². The van der Waals surface area contributed by atoms with Crippen LogP contribution in [0.15, 0.2) is 36.4 Å². The van der Waals surface area contributed by atoms with Crippen LogP contribution in [0.5, 0.6) is 0 Å². The lowest BCUT2D eigenvalue weighted by Gasteiger charge is -2.36. The molecule has 1 heterocycles. The van der Waals surface area contributed by atoms with Gasteiger partial charge in [0.15, 0.2) is 0 Å². The number of anilines is 1. The first-order chi connectivity index (χ1) is 16.0. The molecule has 1 unspecified atom stereocenters. The summed E-state index contributed by atoms with van der Waals surface area (Å²) < 4.78 is 0. The number of carbonyl (C=O) groups is 1. The van der Waals surface area contributed by atoms with Crippen LogP contribution in [-0.2, 0) is 6.42 Å². The molecule has 0 radical (unpaired) electrons. The molecular weight excluding hydrogens is 455 g/mol. The number of halogens is 2. The van der Waals surface area contributed by atoms with Gasteiger partial charge in [0.25, 0.3) is 5.91 Å². The predicted octanol–water partition coefficient (Wildman–Crippen LogP) is 5.00. The van der Waals surface area contributed by atoms with Crippen molar-refractivity contribution >= 4 is 34.8 Å². The van der Waals surface area contributed by atoms with E-state index >= 15 is 0 Å². The topological polar surface area (TPSA) is 70.4 Å². The van der Waals surface area contributed by atoms with E-state index in [9.17, 15) is 4.79 Å². The number of hydrogen-bond acceptors (Lipinski definition) is 4. The molecular formula is C26H36Cl2N4O. The number of piperidine rings is 1. The van der Waals surface area contributed by atoms with E-state index in [4.69, 9.17) is 28.9 Å². The molecule has 2 aromatic rings. The molecule has 1 fully saturated rings. The lowest BCUT2D eigenvalue weighted by molar-refractivity contribution is 0.0962. The summed E-state index contributed by atoms with van der Waals surface area (Å²) in [6, 6.07) is 12.5. The molecule has 4 N–H and O–H groups in total. The Labute approximate surface area is 208 Å². The van der Waals surface area contributed by atoms with Gasteiger partial charge in [0.05, 0.1) is 10.0 Å². The molecule has 1 atom stereocenters. The third-order valence-corrected chi connectivity index (χ3v) is 7.37. The summed E-state index contributed by atoms with van der Waals surface area (Å²) in [4.78, 5) is 15.2. The van der Waals surface area contributed by atoms with Crippen LogP contribution in [0.4, 0.5) is 5.69 Å². The SMILES string of the molecule is CCC(Cc1c(C(=O)NC)cccc1N1CCC(NCCCN)CC1)c1ccc(Cl)c(Cl)c1. The van der Waals surface area contributed by atoms with Crippen molar-refractivity contribution in [3.63, 3.8) is 0 Å². The maximum Gasteiger partial charge on any atom is 0.251 e. The smallest absolute Gasteiger partial charge is 0.251 e. The number of carbonyl (C=O) groups excluding carboxylic acids is 1. The van der Waals surface area contributed by atoms with Gasteiger partial charge < -0.3 is 21.3 Å². The monoisotopic (exact) mass is 490 g/mol. The zero-order valence-corrected chi connectivity index (χ0v) is 21.2. The highest BCUT2D eigenvalue weighted by Crippen LogP contribution is 2.35. The van der Waals surface area contributed by atoms with E-state index in [0.29, 0.717) is 16.1 Å². The Morgan fingerprint density at radius 1 is 1.18 bits per heavy atom. The molecule has 1 aliphatic rings. The normalized spacial score (nSPS) is 15.5. The Hall–Kier alpha value is -1.79. The predicted molar refractivity (Wildman–Crippen MR) is 140 cm³/mol. The molecule has 2 aromatic carbocycles. The number of benzene rings is 2. The van der Waals surface area contributed by atoms with Crippen molar-refractivity contribution < 1.29 is 4.79 Å². The molecule has 0 aliphatic carbocycles. The van der Waals surface area contributed by atoms with Crippen molar-refractivity contribution in [3.8, 4) is 0 Å². The average molecular weight is 492 g/mol. The maximum atomic E-state index is 12.8. The first-order valence-electron chi connectivity index (χ1n) is 12.0. The van der Waals surface area contributed by atoms with E-state index in [1.54, 1.807) is 7.05 Å². The number of hydrogen-bond donors (Lipinski definition) is 3. The minimum atomic E-state index is -0.0471. The largest absolute Gasteiger partial charge is 0.371 e. The molecule has 180 valence electrons. The summed E-state index contributed by atoms with van der Waals surface area (Å²) >= 11 is 12.5. The van der Waals surface area contributed by atoms with Crippen molar-refractivity contribution in [2.75, 3.05) is 38.1 Å². The molecule has 3 rings (SSSR count). The summed E-state index contributed by atoms with van der Waals surface area (Å²) in [6.45, 7) is 5.80. The Morgan fingerprint density at radius 3 is 2.58 bits per heavy atom. The number of amides is 1. The van der Waals surface area contributed by atoms with Crippen molar-refractivity contribution in [1.82, 2.24) is 10.6 Å². The second-order valence-corrected chi connectivity index (χ2v) is 9.54. The zero-order chi connectivity index (χ0) is 23.8. The number of rotatable bonds is 10. The Morgan fingerprint density at radius 2 is 1.94 bits per heavy atom. The number of nitrogens with two attached hydrogens (primary N) is 1. The number of nitrogens with one attached hydrogen (secondary N) is 2. The molecule has 0 saturated carbocycles. The van der Waals surface area contributed by atoms with E-state index in [2.05, 4.69) is 28.5 Å². The standard InChI is InChI=1S/C26H36Cl2N4O/c1-3-18(19-8-9-23(27)24(28)17-19)16-22-21(26(33)30-2)6-4-7-25(22)32-14-10-20(11-15-32)31-13-5-12-29/h4,6-9,17-18,20,31H,3,5,10-16,29H2,1-2H3,(H,30,33). The highest BCUT2D eigenvalue weighted by molar-refractivity contribution is 6.42. The van der Waals surface area contributed by atoms with E-state index in [0.717, 1.165) is 80.7 Å². The molecule has 33 heavy (non-hydrogen) atoms. The van der Waals surface area contributed by atoms with Crippen molar-refractivity contribution in [1.29, 1.82) is 0 Å². The van der Waals surface area contributed by atoms with Crippen LogP contribution in [0.25, 0.3) is 0 Å². The fourth-order valence-electron chi connectivity index (χ4n) is 4.68. The summed E-state index contributed by atoms with van der Waals surface area (Å²) in [6.07, 6.45) is 4.87. The first-order valence-corrected chi connectivity index (χ1v) is 12.7. The molecule has 5 nitrogen and oxygen atoms in total. The van der Waals surface area contributed by atoms with E-state index in [-0.39, 0.29) is 11.8 Å². The summed E-state index contributed by atoms with van der Waals surface area (Å²) in [7, 11) is 1.69. The highest BCUT2D eigenvalue weighted by Gasteiger charge is 2.25. The minimum absolute atomic E-state index is 0.0471. The van der Waals surface area contributed by atoms with Gasteiger partial charge in [0.2, 0.25) is 0 Å². The first kappa shape index (κ1) is 25.8. The molecule has 0 aromatic heterocycles. The van der Waals surface area contributed by atoms with Crippen LogP contribution in [0.1, 0.15) is 60.0 Å². The van der Waals surface area contributed by atoms with Gasteiger partial charge >= 0.3 is 0 Å². The summed E-state index contributed by atoms with van der Waals surface area (Å²) in [5.74, 6) is 0.189. The average Bonchev–Trinajstić information content (AvgIpc) is 2.84. The van der Waals surface area contributed by atoms with Crippen LogP contribution in [0, 0.1) is 0 Å². The van der Waals surface area contributed by atoms with Gasteiger partial charge in [-0.15, -0.1) is 0 Å². The van der Waals surface area contributed by atoms with Crippen LogP contribution >= 0.6 is 23.2 Å². The Kier molecular flexibility index (Phi) is 9.87. The van der Waals surface area contributed by atoms with E-state index in [1.165, 1.54) is 0 Å². The molecule has 1 saturated heterocycles. The Balaban J connectivity index is 1.86. The van der Waals surface area contributed by atoms with Gasteiger partial charge in [-0.25, -0.2) is 0 Å². The van der Waals surface area contributed by atoms with Gasteiger partial charge in [0, 0.05) is 37.4 Å². The molecule has 1 amide bonds. The highest BCUT2D eigenvalue weighted by atomic mass is 35.5. The fourth-order valence-corrected chi connectivity index (χ4v) is 4.98. The van der Waals surface area contributed by atoms with Gasteiger partial charge in [-0.05, 0) is 86.5 Å². The minimum Gasteiger partial charge on any atom is -0.371 e. The maximum absolute atomic E-state index is 12.8. The molecule has 0 spiro atoms. The molecule has 1 aliphatic heterocycles. The van der Waals surface area contributed by atoms with Crippen LogP contribution in [0.2, 0.25) is 10.0 Å². The van der Waals surface area contributed by atoms with Gasteiger partial charge in [-0.2, -0.15) is 0 Å². The summed E-state index contributed by atoms with van der Waals surface area (Å²) in [5.41, 5.74) is 9.78. The number of nitrogens with zero attached hydrogens (tertiary/aromatic N) is 1. The lowest BCUT2D eigenvalue weighted by atomic mass is 9.86. The van der Waals surface area contributed by atoms with E-state index < -0.39 is 0 Å². The quantitative estimate of drug-likeness (QED) is 0.410. The van der Waals surface area contributed by atoms with Crippen molar-refractivity contribution in [2.24, 2.45) is 5.73 Å². The summed E-state index contributed by atoms with van der Waals surface area (Å²) in [5, 5.41) is 7.57. The lowest BCUT2D eigenvalue weighted by Crippen LogP contribution is -2.43. The van der Waals surface area contributed by atoms with E-state index in [1.807, 2.05) is 30.3 Å². The van der Waals surface area contributed by atoms with Crippen LogP contribution in [-0.4, -0.2) is 45.2 Å².